The summed E-state index contributed by atoms with van der Waals surface area (Å²) in [6, 6.07) is 6.24. The number of benzene rings is 1. The fourth-order valence-corrected chi connectivity index (χ4v) is 5.17. The third kappa shape index (κ3) is 4.84. The van der Waals surface area contributed by atoms with Gasteiger partial charge in [0.2, 0.25) is 11.8 Å². The highest BCUT2D eigenvalue weighted by Crippen LogP contribution is 2.46. The van der Waals surface area contributed by atoms with E-state index < -0.39 is 17.1 Å². The molecule has 1 saturated heterocycles. The van der Waals surface area contributed by atoms with E-state index in [2.05, 4.69) is 10.5 Å². The molecular weight excluding hydrogens is 430 g/mol. The summed E-state index contributed by atoms with van der Waals surface area (Å²) in [4.78, 5) is 38.7. The number of likely N-dealkylation sites (tertiary alicyclic amines) is 1. The predicted molar refractivity (Wildman–Crippen MR) is 124 cm³/mol. The molecule has 2 amide bonds. The van der Waals surface area contributed by atoms with Gasteiger partial charge >= 0.3 is 0 Å². The lowest BCUT2D eigenvalue weighted by Gasteiger charge is -2.51. The number of nitroso groups, excluding NO2 is 1. The van der Waals surface area contributed by atoms with Gasteiger partial charge in [-0.15, -0.1) is 0 Å². The van der Waals surface area contributed by atoms with Gasteiger partial charge in [-0.1, -0.05) is 56.6 Å². The van der Waals surface area contributed by atoms with E-state index in [4.69, 9.17) is 11.6 Å². The van der Waals surface area contributed by atoms with Crippen molar-refractivity contribution < 1.29 is 14.7 Å². The van der Waals surface area contributed by atoms with E-state index in [0.717, 1.165) is 5.56 Å². The van der Waals surface area contributed by atoms with Crippen LogP contribution in [0, 0.1) is 22.2 Å². The van der Waals surface area contributed by atoms with Crippen LogP contribution in [-0.2, 0) is 15.2 Å². The molecule has 0 aromatic heterocycles. The Balaban J connectivity index is 1.71. The molecule has 32 heavy (non-hydrogen) atoms. The normalized spacial score (nSPS) is 28.4. The minimum absolute atomic E-state index is 0.0898. The van der Waals surface area contributed by atoms with Gasteiger partial charge in [0.1, 0.15) is 6.04 Å². The zero-order valence-electron chi connectivity index (χ0n) is 19.3. The van der Waals surface area contributed by atoms with Gasteiger partial charge in [-0.3, -0.25) is 9.59 Å². The average Bonchev–Trinajstić information content (AvgIpc) is 3.23. The lowest BCUT2D eigenvalue weighted by Crippen LogP contribution is -2.60. The Morgan fingerprint density at radius 1 is 1.22 bits per heavy atom. The van der Waals surface area contributed by atoms with Gasteiger partial charge in [0.15, 0.2) is 0 Å². The SMILES string of the molecule is CC(C)[C@@H](NC(=O)[C@@H]1CC[C@@H](N=O)C1)C(=O)N1CC[C@](O)(c2ccc(Cl)cc2)C(C)(C)C1. The number of aliphatic hydroxyl groups is 1. The van der Waals surface area contributed by atoms with Gasteiger partial charge in [0.25, 0.3) is 0 Å². The number of nitrogens with one attached hydrogen (secondary N) is 1. The van der Waals surface area contributed by atoms with Gasteiger partial charge < -0.3 is 15.3 Å². The van der Waals surface area contributed by atoms with Crippen LogP contribution in [0.15, 0.2) is 29.4 Å². The summed E-state index contributed by atoms with van der Waals surface area (Å²) >= 11 is 6.01. The van der Waals surface area contributed by atoms with Crippen LogP contribution in [0.25, 0.3) is 0 Å². The van der Waals surface area contributed by atoms with Crippen LogP contribution in [0.1, 0.15) is 58.9 Å². The van der Waals surface area contributed by atoms with E-state index in [1.165, 1.54) is 0 Å². The summed E-state index contributed by atoms with van der Waals surface area (Å²) in [6.45, 7) is 8.48. The Morgan fingerprint density at radius 3 is 2.41 bits per heavy atom. The monoisotopic (exact) mass is 463 g/mol. The molecule has 176 valence electrons. The zero-order valence-corrected chi connectivity index (χ0v) is 20.1. The maximum Gasteiger partial charge on any atom is 0.245 e. The second-order valence-corrected chi connectivity index (χ2v) is 10.7. The van der Waals surface area contributed by atoms with Crippen LogP contribution in [0.2, 0.25) is 5.02 Å². The molecule has 1 aromatic carbocycles. The highest BCUT2D eigenvalue weighted by molar-refractivity contribution is 6.30. The summed E-state index contributed by atoms with van der Waals surface area (Å²) < 4.78 is 0. The minimum Gasteiger partial charge on any atom is -0.384 e. The quantitative estimate of drug-likeness (QED) is 0.625. The highest BCUT2D eigenvalue weighted by atomic mass is 35.5. The van der Waals surface area contributed by atoms with Crippen molar-refractivity contribution in [2.75, 3.05) is 13.1 Å². The molecule has 1 saturated carbocycles. The Labute approximate surface area is 194 Å². The molecule has 7 nitrogen and oxygen atoms in total. The Bertz CT molecular complexity index is 857. The molecule has 4 atom stereocenters. The van der Waals surface area contributed by atoms with Crippen molar-refractivity contribution in [3.63, 3.8) is 0 Å². The molecule has 3 rings (SSSR count). The maximum atomic E-state index is 13.4. The number of rotatable bonds is 6. The summed E-state index contributed by atoms with van der Waals surface area (Å²) in [5, 5.41) is 18.2. The van der Waals surface area contributed by atoms with Crippen molar-refractivity contribution in [3.05, 3.63) is 39.8 Å². The molecule has 1 heterocycles. The molecule has 0 radical (unpaired) electrons. The van der Waals surface area contributed by atoms with Crippen LogP contribution in [-0.4, -0.2) is 47.0 Å². The van der Waals surface area contributed by atoms with E-state index in [1.54, 1.807) is 17.0 Å². The van der Waals surface area contributed by atoms with Gasteiger partial charge in [0, 0.05) is 29.4 Å². The second-order valence-electron chi connectivity index (χ2n) is 10.3. The van der Waals surface area contributed by atoms with Gasteiger partial charge in [-0.25, -0.2) is 0 Å². The molecule has 0 unspecified atom stereocenters. The third-order valence-corrected chi connectivity index (χ3v) is 7.49. The molecule has 2 aliphatic rings. The van der Waals surface area contributed by atoms with Crippen LogP contribution < -0.4 is 5.32 Å². The standard InChI is InChI=1S/C24H34ClN3O4/c1-15(2)20(26-21(29)16-5-10-19(13-16)27-32)22(30)28-12-11-24(31,23(3,4)14-28)17-6-8-18(25)9-7-17/h6-9,15-16,19-20,31H,5,10-14H2,1-4H3,(H,26,29)/t16-,19-,20-,24+/m1/s1. The topological polar surface area (TPSA) is 99.1 Å². The van der Waals surface area contributed by atoms with E-state index in [0.29, 0.717) is 43.8 Å². The summed E-state index contributed by atoms with van der Waals surface area (Å²) in [5.41, 5.74) is -0.910. The van der Waals surface area contributed by atoms with Crippen molar-refractivity contribution >= 4 is 23.4 Å². The maximum absolute atomic E-state index is 13.4. The second kappa shape index (κ2) is 9.48. The molecule has 1 aliphatic carbocycles. The number of halogens is 1. The van der Waals surface area contributed by atoms with Gasteiger partial charge in [-0.2, -0.15) is 4.91 Å². The molecule has 1 aliphatic heterocycles. The lowest BCUT2D eigenvalue weighted by atomic mass is 9.66. The highest BCUT2D eigenvalue weighted by Gasteiger charge is 2.50. The smallest absolute Gasteiger partial charge is 0.245 e. The first-order valence-corrected chi connectivity index (χ1v) is 11.8. The molecule has 0 bridgehead atoms. The number of hydrogen-bond donors (Lipinski definition) is 2. The van der Waals surface area contributed by atoms with E-state index in [9.17, 15) is 19.6 Å². The third-order valence-electron chi connectivity index (χ3n) is 7.24. The van der Waals surface area contributed by atoms with Crippen molar-refractivity contribution in [1.82, 2.24) is 10.2 Å². The van der Waals surface area contributed by atoms with Crippen LogP contribution in [0.5, 0.6) is 0 Å². The Kier molecular flexibility index (Phi) is 7.30. The summed E-state index contributed by atoms with van der Waals surface area (Å²) in [7, 11) is 0. The van der Waals surface area contributed by atoms with Crippen LogP contribution in [0.4, 0.5) is 0 Å². The zero-order chi connectivity index (χ0) is 23.7. The fourth-order valence-electron chi connectivity index (χ4n) is 5.04. The first kappa shape index (κ1) is 24.6. The number of hydrogen-bond acceptors (Lipinski definition) is 5. The van der Waals surface area contributed by atoms with Gasteiger partial charge in [0.05, 0.1) is 11.6 Å². The van der Waals surface area contributed by atoms with E-state index >= 15 is 0 Å². The Hall–Kier alpha value is -1.99. The van der Waals surface area contributed by atoms with E-state index in [-0.39, 0.29) is 29.7 Å². The van der Waals surface area contributed by atoms with Crippen molar-refractivity contribution in [1.29, 1.82) is 0 Å². The molecule has 0 spiro atoms. The fraction of sp³-hybridized carbons (Fsp3) is 0.667. The first-order chi connectivity index (χ1) is 15.0. The van der Waals surface area contributed by atoms with Crippen LogP contribution >= 0.6 is 11.6 Å². The number of amides is 2. The summed E-state index contributed by atoms with van der Waals surface area (Å²) in [6.07, 6.45) is 2.07. The van der Waals surface area contributed by atoms with Crippen molar-refractivity contribution in [2.24, 2.45) is 22.4 Å². The minimum atomic E-state index is -1.09. The van der Waals surface area contributed by atoms with Crippen molar-refractivity contribution in [2.45, 2.75) is 71.1 Å². The predicted octanol–water partition coefficient (Wildman–Crippen LogP) is 3.86. The lowest BCUT2D eigenvalue weighted by molar-refractivity contribution is -0.157. The Morgan fingerprint density at radius 2 is 1.88 bits per heavy atom. The largest absolute Gasteiger partial charge is 0.384 e. The van der Waals surface area contributed by atoms with E-state index in [1.807, 2.05) is 39.8 Å². The van der Waals surface area contributed by atoms with Crippen molar-refractivity contribution in [3.8, 4) is 0 Å². The molecule has 1 aromatic rings. The average molecular weight is 464 g/mol. The summed E-state index contributed by atoms with van der Waals surface area (Å²) in [5.74, 6) is -0.688. The van der Waals surface area contributed by atoms with Gasteiger partial charge in [-0.05, 0) is 49.3 Å². The number of piperidine rings is 1. The molecule has 8 heteroatoms. The first-order valence-electron chi connectivity index (χ1n) is 11.4. The number of carbonyl (C=O) groups is 2. The molecule has 2 fully saturated rings. The number of carbonyl (C=O) groups excluding carboxylic acids is 2. The van der Waals surface area contributed by atoms with Crippen LogP contribution in [0.3, 0.4) is 0 Å². The molecule has 2 N–H and O–H groups in total. The molecular formula is C24H34ClN3O4. The number of nitrogens with zero attached hydrogens (tertiary/aromatic N) is 2.